The van der Waals surface area contributed by atoms with E-state index < -0.39 is 10.1 Å². The zero-order valence-corrected chi connectivity index (χ0v) is 42.3. The number of rotatable bonds is 7. The summed E-state index contributed by atoms with van der Waals surface area (Å²) in [5.41, 5.74) is 8.88. The number of phenols is 3. The van der Waals surface area contributed by atoms with Crippen LogP contribution >= 0.6 is 12.4 Å². The molecule has 6 aromatic carbocycles. The fourth-order valence-corrected chi connectivity index (χ4v) is 5.62. The van der Waals surface area contributed by atoms with Crippen LogP contribution in [0.4, 0.5) is 17.1 Å². The molecular formula is C54H68ClN3O8S. The molecule has 0 bridgehead atoms. The highest BCUT2D eigenvalue weighted by Gasteiger charge is 2.20. The Morgan fingerprint density at radius 3 is 1.39 bits per heavy atom. The van der Waals surface area contributed by atoms with E-state index in [0.29, 0.717) is 23.4 Å². The molecule has 0 aromatic heterocycles. The molecule has 0 aliphatic heterocycles. The summed E-state index contributed by atoms with van der Waals surface area (Å²) in [5, 5.41) is 41.2. The van der Waals surface area contributed by atoms with Crippen molar-refractivity contribution in [3.05, 3.63) is 179 Å². The summed E-state index contributed by atoms with van der Waals surface area (Å²) in [7, 11) is 0.0423. The molecule has 6 aromatic rings. The van der Waals surface area contributed by atoms with Gasteiger partial charge in [-0.3, -0.25) is 9.79 Å². The Morgan fingerprint density at radius 1 is 0.597 bits per heavy atom. The van der Waals surface area contributed by atoms with E-state index in [-0.39, 0.29) is 34.4 Å². The van der Waals surface area contributed by atoms with Crippen LogP contribution in [0, 0.1) is 0 Å². The first-order valence-corrected chi connectivity index (χ1v) is 23.0. The summed E-state index contributed by atoms with van der Waals surface area (Å²) >= 11 is 0. The summed E-state index contributed by atoms with van der Waals surface area (Å²) in [6, 6.07) is 46.1. The molecule has 13 heteroatoms. The zero-order chi connectivity index (χ0) is 49.7. The van der Waals surface area contributed by atoms with Gasteiger partial charge in [-0.15, -0.1) is 12.4 Å². The first kappa shape index (κ1) is 58.7. The molecule has 0 heterocycles. The van der Waals surface area contributed by atoms with Gasteiger partial charge in [0.15, 0.2) is 12.0 Å². The quantitative estimate of drug-likeness (QED) is 0.0303. The van der Waals surface area contributed by atoms with Crippen molar-refractivity contribution in [2.45, 2.75) is 78.6 Å². The van der Waals surface area contributed by atoms with Crippen LogP contribution in [0.5, 0.6) is 17.2 Å². The number of nitrogens with one attached hydrogen (secondary N) is 1. The van der Waals surface area contributed by atoms with E-state index in [1.807, 2.05) is 134 Å². The maximum atomic E-state index is 10.1. The Morgan fingerprint density at radius 2 is 0.985 bits per heavy atom. The van der Waals surface area contributed by atoms with Gasteiger partial charge in [-0.1, -0.05) is 159 Å². The molecule has 0 aliphatic carbocycles. The topological polar surface area (TPSA) is 172 Å². The highest BCUT2D eigenvalue weighted by atomic mass is 35.5. The number of hydrogen-bond acceptors (Lipinski definition) is 10. The lowest BCUT2D eigenvalue weighted by Gasteiger charge is -2.20. The van der Waals surface area contributed by atoms with Crippen molar-refractivity contribution in [3.63, 3.8) is 0 Å². The fraction of sp³-hybridized carbons (Fsp3) is 0.278. The van der Waals surface area contributed by atoms with E-state index in [0.717, 1.165) is 39.9 Å². The van der Waals surface area contributed by atoms with Crippen LogP contribution in [0.25, 0.3) is 0 Å². The molecule has 0 saturated carbocycles. The molecule has 0 fully saturated rings. The SMILES string of the molecule is CC(C)(C)c1ccc(O)c(N=Cc2ccccc2)c1.CNc1cc(C(C)(C)C)ccc1O.CS(=O)(=O)O[O-].C[N+](=Cc1ccccc1)c1cc(C(C)(C)C)ccc1O.Cl.O=Cc1ccccc1. The minimum Gasteiger partial charge on any atom is -0.707 e. The number of carbonyl (C=O) groups excluding carboxylic acids is 1. The number of nitrogens with zero attached hydrogens (tertiary/aromatic N) is 2. The van der Waals surface area contributed by atoms with Crippen LogP contribution in [-0.4, -0.2) is 67.4 Å². The molecule has 0 saturated heterocycles. The van der Waals surface area contributed by atoms with Gasteiger partial charge < -0.3 is 30.2 Å². The third-order valence-electron chi connectivity index (χ3n) is 9.55. The molecule has 67 heavy (non-hydrogen) atoms. The third kappa shape index (κ3) is 22.2. The van der Waals surface area contributed by atoms with Crippen LogP contribution in [-0.2, 0) is 30.7 Å². The first-order valence-electron chi connectivity index (χ1n) is 21.2. The molecular weight excluding hydrogens is 886 g/mol. The summed E-state index contributed by atoms with van der Waals surface area (Å²) < 4.78 is 23.5. The Balaban J connectivity index is 0.000000443. The Kier molecular flexibility index (Phi) is 24.0. The largest absolute Gasteiger partial charge is 0.707 e. The molecule has 0 spiro atoms. The predicted octanol–water partition coefficient (Wildman–Crippen LogP) is 11.4. The molecule has 0 amide bonds. The zero-order valence-electron chi connectivity index (χ0n) is 40.7. The second-order valence-electron chi connectivity index (χ2n) is 18.3. The van der Waals surface area contributed by atoms with Crippen molar-refractivity contribution in [3.8, 4) is 17.2 Å². The number of anilines is 1. The van der Waals surface area contributed by atoms with Gasteiger partial charge in [0, 0.05) is 30.5 Å². The van der Waals surface area contributed by atoms with Crippen LogP contribution in [0.1, 0.15) is 100 Å². The van der Waals surface area contributed by atoms with Crippen molar-refractivity contribution >= 4 is 58.3 Å². The molecule has 0 radical (unpaired) electrons. The smallest absolute Gasteiger partial charge is 0.255 e. The predicted molar refractivity (Wildman–Crippen MR) is 276 cm³/mol. The number of aliphatic imine (C=N–C) groups is 1. The van der Waals surface area contributed by atoms with E-state index in [9.17, 15) is 28.5 Å². The Bertz CT molecular complexity index is 2580. The molecule has 0 atom stereocenters. The Hall–Kier alpha value is -6.31. The van der Waals surface area contributed by atoms with Crippen molar-refractivity contribution in [1.82, 2.24) is 0 Å². The minimum absolute atomic E-state index is 0. The van der Waals surface area contributed by atoms with Gasteiger partial charge in [0.1, 0.15) is 30.5 Å². The summed E-state index contributed by atoms with van der Waals surface area (Å²) in [4.78, 5) is 14.4. The van der Waals surface area contributed by atoms with Crippen molar-refractivity contribution in [1.29, 1.82) is 0 Å². The maximum absolute atomic E-state index is 10.1. The average molecular weight is 955 g/mol. The average Bonchev–Trinajstić information content (AvgIpc) is 3.27. The van der Waals surface area contributed by atoms with E-state index in [4.69, 9.17) is 5.26 Å². The van der Waals surface area contributed by atoms with Crippen molar-refractivity contribution in [2.24, 2.45) is 4.99 Å². The molecule has 0 unspecified atom stereocenters. The van der Waals surface area contributed by atoms with Crippen LogP contribution in [0.3, 0.4) is 0 Å². The number of phenolic OH excluding ortho intramolecular Hbond substituents is 3. The summed E-state index contributed by atoms with van der Waals surface area (Å²) in [5.74, 6) is 0.809. The van der Waals surface area contributed by atoms with Gasteiger partial charge in [-0.05, 0) is 81.0 Å². The summed E-state index contributed by atoms with van der Waals surface area (Å²) in [6.45, 7) is 19.4. The van der Waals surface area contributed by atoms with Crippen LogP contribution in [0.2, 0.25) is 0 Å². The van der Waals surface area contributed by atoms with Gasteiger partial charge in [0.2, 0.25) is 5.69 Å². The fourth-order valence-electron chi connectivity index (χ4n) is 5.62. The first-order chi connectivity index (χ1) is 30.8. The second kappa shape index (κ2) is 27.4. The number of aldehydes is 1. The number of benzene rings is 6. The minimum atomic E-state index is -3.72. The third-order valence-corrected chi connectivity index (χ3v) is 9.80. The van der Waals surface area contributed by atoms with Gasteiger partial charge in [-0.25, -0.2) is 8.42 Å². The van der Waals surface area contributed by atoms with Crippen molar-refractivity contribution < 1.29 is 42.7 Å². The number of hydrogen-bond donors (Lipinski definition) is 4. The summed E-state index contributed by atoms with van der Waals surface area (Å²) in [6.07, 6.45) is 5.29. The maximum Gasteiger partial charge on any atom is 0.255 e. The highest BCUT2D eigenvalue weighted by Crippen LogP contribution is 2.34. The number of carbonyl (C=O) groups is 1. The molecule has 6 rings (SSSR count). The lowest BCUT2D eigenvalue weighted by atomic mass is 9.87. The lowest BCUT2D eigenvalue weighted by molar-refractivity contribution is -0.634. The van der Waals surface area contributed by atoms with Gasteiger partial charge >= 0.3 is 0 Å². The highest BCUT2D eigenvalue weighted by molar-refractivity contribution is 7.85. The van der Waals surface area contributed by atoms with Crippen LogP contribution < -0.4 is 10.6 Å². The number of aromatic hydroxyl groups is 3. The van der Waals surface area contributed by atoms with Crippen LogP contribution in [0.15, 0.2) is 151 Å². The second-order valence-corrected chi connectivity index (χ2v) is 19.8. The van der Waals surface area contributed by atoms with Gasteiger partial charge in [0.05, 0.1) is 11.9 Å². The molecule has 360 valence electrons. The van der Waals surface area contributed by atoms with Crippen molar-refractivity contribution in [2.75, 3.05) is 25.7 Å². The molecule has 11 nitrogen and oxygen atoms in total. The van der Waals surface area contributed by atoms with E-state index in [1.165, 1.54) is 11.1 Å². The number of halogens is 1. The normalized spacial score (nSPS) is 11.4. The lowest BCUT2D eigenvalue weighted by Crippen LogP contribution is -2.12. The monoisotopic (exact) mass is 953 g/mol. The van der Waals surface area contributed by atoms with E-state index in [1.54, 1.807) is 36.5 Å². The van der Waals surface area contributed by atoms with Gasteiger partial charge in [-0.2, -0.15) is 4.58 Å². The molecule has 0 aliphatic rings. The van der Waals surface area contributed by atoms with E-state index >= 15 is 0 Å². The molecule has 4 N–H and O–H groups in total. The standard InChI is InChI=1S/C18H21NO.C17H19NO.C11H17NO.C7H6O.CH4O4S.ClH/c1-18(2,3)15-10-11-17(20)16(12-15)19(4)13-14-8-6-5-7-9-14;1-17(2,3)14-9-10-16(19)15(11-14)18-12-13-7-5-4-6-8-13;1-11(2,3)8-5-6-10(13)9(7-8)12-4;8-6-7-4-2-1-3-5-7;1-6(3,4)5-2;/h5-13H,1-4H3;4-12,19H,1-3H3;5-7,12-13H,1-4H3;1-6H;2H,1H3;1H. The van der Waals surface area contributed by atoms with E-state index in [2.05, 4.69) is 83.0 Å². The Labute approximate surface area is 404 Å². The van der Waals surface area contributed by atoms with Gasteiger partial charge in [0.25, 0.3) is 10.1 Å².